The normalized spacial score (nSPS) is 14.2. The molecule has 4 nitrogen and oxygen atoms in total. The molecule has 17 heavy (non-hydrogen) atoms. The van der Waals surface area contributed by atoms with Crippen molar-refractivity contribution in [2.24, 2.45) is 5.73 Å². The standard InChI is InChI=1S/C12H18BrN3O/c1-4-7-12(3,14)11(17)16-9-5-6-10(13)15-8(9)2/h5-6H,4,7,14H2,1-3H3,(H,16,17). The molecule has 0 fully saturated rings. The summed E-state index contributed by atoms with van der Waals surface area (Å²) >= 11 is 3.28. The maximum absolute atomic E-state index is 12.0. The van der Waals surface area contributed by atoms with E-state index in [9.17, 15) is 4.79 Å². The lowest BCUT2D eigenvalue weighted by atomic mass is 9.96. The number of aromatic nitrogens is 1. The number of rotatable bonds is 4. The molecule has 0 radical (unpaired) electrons. The molecule has 5 heteroatoms. The highest BCUT2D eigenvalue weighted by atomic mass is 79.9. The van der Waals surface area contributed by atoms with Crippen molar-refractivity contribution in [3.8, 4) is 0 Å². The van der Waals surface area contributed by atoms with Gasteiger partial charge in [-0.3, -0.25) is 4.79 Å². The zero-order valence-electron chi connectivity index (χ0n) is 10.4. The fraction of sp³-hybridized carbons (Fsp3) is 0.500. The molecular weight excluding hydrogens is 282 g/mol. The van der Waals surface area contributed by atoms with Gasteiger partial charge in [0, 0.05) is 0 Å². The number of aryl methyl sites for hydroxylation is 1. The molecule has 0 aliphatic heterocycles. The summed E-state index contributed by atoms with van der Waals surface area (Å²) in [6.45, 7) is 5.59. The average molecular weight is 300 g/mol. The minimum Gasteiger partial charge on any atom is -0.323 e. The monoisotopic (exact) mass is 299 g/mol. The number of hydrogen-bond acceptors (Lipinski definition) is 3. The van der Waals surface area contributed by atoms with Crippen LogP contribution in [0.5, 0.6) is 0 Å². The van der Waals surface area contributed by atoms with E-state index in [0.717, 1.165) is 16.7 Å². The molecule has 0 saturated carbocycles. The zero-order chi connectivity index (χ0) is 13.1. The van der Waals surface area contributed by atoms with Crippen molar-refractivity contribution in [3.05, 3.63) is 22.4 Å². The highest BCUT2D eigenvalue weighted by molar-refractivity contribution is 9.10. The van der Waals surface area contributed by atoms with Crippen LogP contribution in [-0.2, 0) is 4.79 Å². The summed E-state index contributed by atoms with van der Waals surface area (Å²) in [5.74, 6) is -0.174. The molecule has 1 aromatic heterocycles. The number of carbonyl (C=O) groups excluding carboxylic acids is 1. The van der Waals surface area contributed by atoms with Gasteiger partial charge in [-0.2, -0.15) is 0 Å². The quantitative estimate of drug-likeness (QED) is 0.840. The maximum Gasteiger partial charge on any atom is 0.244 e. The number of carbonyl (C=O) groups is 1. The fourth-order valence-electron chi connectivity index (χ4n) is 1.56. The number of anilines is 1. The Morgan fingerprint density at radius 3 is 2.76 bits per heavy atom. The number of hydrogen-bond donors (Lipinski definition) is 2. The Hall–Kier alpha value is -0.940. The molecule has 0 aromatic carbocycles. The number of nitrogens with two attached hydrogens (primary N) is 1. The minimum atomic E-state index is -0.839. The first-order valence-electron chi connectivity index (χ1n) is 5.60. The summed E-state index contributed by atoms with van der Waals surface area (Å²) in [5.41, 5.74) is 6.58. The summed E-state index contributed by atoms with van der Waals surface area (Å²) in [5, 5.41) is 2.82. The second-order valence-electron chi connectivity index (χ2n) is 4.39. The largest absolute Gasteiger partial charge is 0.323 e. The topological polar surface area (TPSA) is 68.0 Å². The molecule has 0 aliphatic carbocycles. The van der Waals surface area contributed by atoms with Gasteiger partial charge in [0.1, 0.15) is 4.60 Å². The molecule has 0 spiro atoms. The zero-order valence-corrected chi connectivity index (χ0v) is 12.0. The summed E-state index contributed by atoms with van der Waals surface area (Å²) in [7, 11) is 0. The van der Waals surface area contributed by atoms with Crippen LogP contribution in [0.25, 0.3) is 0 Å². The van der Waals surface area contributed by atoms with Crippen LogP contribution < -0.4 is 11.1 Å². The molecule has 1 aromatic rings. The number of halogens is 1. The van der Waals surface area contributed by atoms with Gasteiger partial charge in [0.15, 0.2) is 0 Å². The molecule has 0 saturated heterocycles. The summed E-state index contributed by atoms with van der Waals surface area (Å²) < 4.78 is 0.747. The van der Waals surface area contributed by atoms with Crippen LogP contribution in [0.15, 0.2) is 16.7 Å². The lowest BCUT2D eigenvalue weighted by molar-refractivity contribution is -0.120. The van der Waals surface area contributed by atoms with Crippen LogP contribution in [-0.4, -0.2) is 16.4 Å². The lowest BCUT2D eigenvalue weighted by Crippen LogP contribution is -2.48. The first kappa shape index (κ1) is 14.1. The van der Waals surface area contributed by atoms with Gasteiger partial charge >= 0.3 is 0 Å². The van der Waals surface area contributed by atoms with Gasteiger partial charge in [-0.25, -0.2) is 4.98 Å². The number of nitrogens with one attached hydrogen (secondary N) is 1. The second-order valence-corrected chi connectivity index (χ2v) is 5.20. The molecular formula is C12H18BrN3O. The number of nitrogens with zero attached hydrogens (tertiary/aromatic N) is 1. The van der Waals surface area contributed by atoms with E-state index >= 15 is 0 Å². The SMILES string of the molecule is CCCC(C)(N)C(=O)Nc1ccc(Br)nc1C. The highest BCUT2D eigenvalue weighted by Gasteiger charge is 2.27. The molecule has 1 atom stereocenters. The highest BCUT2D eigenvalue weighted by Crippen LogP contribution is 2.18. The Bertz CT molecular complexity index is 418. The van der Waals surface area contributed by atoms with E-state index in [1.165, 1.54) is 0 Å². The predicted octanol–water partition coefficient (Wildman–Crippen LogP) is 2.61. The predicted molar refractivity (Wildman–Crippen MR) is 72.8 cm³/mol. The van der Waals surface area contributed by atoms with Crippen molar-refractivity contribution >= 4 is 27.5 Å². The van der Waals surface area contributed by atoms with Gasteiger partial charge in [-0.1, -0.05) is 13.3 Å². The van der Waals surface area contributed by atoms with Crippen molar-refractivity contribution in [2.45, 2.75) is 39.2 Å². The summed E-state index contributed by atoms with van der Waals surface area (Å²) in [4.78, 5) is 16.2. The van der Waals surface area contributed by atoms with E-state index in [-0.39, 0.29) is 5.91 Å². The van der Waals surface area contributed by atoms with Crippen molar-refractivity contribution in [2.75, 3.05) is 5.32 Å². The van der Waals surface area contributed by atoms with Gasteiger partial charge in [-0.15, -0.1) is 0 Å². The minimum absolute atomic E-state index is 0.174. The summed E-state index contributed by atoms with van der Waals surface area (Å²) in [6, 6.07) is 3.60. The second kappa shape index (κ2) is 5.60. The third-order valence-electron chi connectivity index (χ3n) is 2.59. The Labute approximate surface area is 110 Å². The molecule has 1 heterocycles. The van der Waals surface area contributed by atoms with Crippen LogP contribution in [0.3, 0.4) is 0 Å². The molecule has 94 valence electrons. The number of amides is 1. The van der Waals surface area contributed by atoms with Gasteiger partial charge < -0.3 is 11.1 Å². The number of pyridine rings is 1. The van der Waals surface area contributed by atoms with E-state index in [2.05, 4.69) is 26.2 Å². The summed E-state index contributed by atoms with van der Waals surface area (Å²) in [6.07, 6.45) is 1.53. The van der Waals surface area contributed by atoms with Crippen LogP contribution in [0, 0.1) is 6.92 Å². The van der Waals surface area contributed by atoms with Crippen LogP contribution in [0.4, 0.5) is 5.69 Å². The fourth-order valence-corrected chi connectivity index (χ4v) is 1.96. The molecule has 1 unspecified atom stereocenters. The molecule has 1 rings (SSSR count). The Morgan fingerprint density at radius 1 is 1.59 bits per heavy atom. The molecule has 0 aliphatic rings. The van der Waals surface area contributed by atoms with Gasteiger partial charge in [-0.05, 0) is 48.3 Å². The molecule has 0 bridgehead atoms. The van der Waals surface area contributed by atoms with E-state index in [1.54, 1.807) is 13.0 Å². The van der Waals surface area contributed by atoms with Gasteiger partial charge in [0.05, 0.1) is 16.9 Å². The Kier molecular flexibility index (Phi) is 4.65. The van der Waals surface area contributed by atoms with Crippen molar-refractivity contribution < 1.29 is 4.79 Å². The van der Waals surface area contributed by atoms with Gasteiger partial charge in [0.25, 0.3) is 0 Å². The Balaban J connectivity index is 2.81. The Morgan fingerprint density at radius 2 is 2.24 bits per heavy atom. The van der Waals surface area contributed by atoms with E-state index < -0.39 is 5.54 Å². The van der Waals surface area contributed by atoms with E-state index in [1.807, 2.05) is 19.9 Å². The van der Waals surface area contributed by atoms with Crippen molar-refractivity contribution in [3.63, 3.8) is 0 Å². The third kappa shape index (κ3) is 3.78. The average Bonchev–Trinajstić information content (AvgIpc) is 2.22. The van der Waals surface area contributed by atoms with Crippen LogP contribution >= 0.6 is 15.9 Å². The maximum atomic E-state index is 12.0. The first-order valence-corrected chi connectivity index (χ1v) is 6.39. The van der Waals surface area contributed by atoms with Crippen molar-refractivity contribution in [1.29, 1.82) is 0 Å². The van der Waals surface area contributed by atoms with Crippen molar-refractivity contribution in [1.82, 2.24) is 4.98 Å². The molecule has 3 N–H and O–H groups in total. The smallest absolute Gasteiger partial charge is 0.244 e. The first-order chi connectivity index (χ1) is 7.86. The van der Waals surface area contributed by atoms with Crippen LogP contribution in [0.1, 0.15) is 32.4 Å². The van der Waals surface area contributed by atoms with Crippen LogP contribution in [0.2, 0.25) is 0 Å². The van der Waals surface area contributed by atoms with E-state index in [4.69, 9.17) is 5.73 Å². The lowest BCUT2D eigenvalue weighted by Gasteiger charge is -2.23. The third-order valence-corrected chi connectivity index (χ3v) is 3.03. The molecule has 1 amide bonds. The van der Waals surface area contributed by atoms with Gasteiger partial charge in [0.2, 0.25) is 5.91 Å². The van der Waals surface area contributed by atoms with E-state index in [0.29, 0.717) is 12.1 Å².